The molecule has 3 atom stereocenters. The third-order valence-electron chi connectivity index (χ3n) is 7.69. The predicted octanol–water partition coefficient (Wildman–Crippen LogP) is 4.52. The summed E-state index contributed by atoms with van der Waals surface area (Å²) in [5.41, 5.74) is 1.46. The zero-order valence-electron chi connectivity index (χ0n) is 23.6. The highest BCUT2D eigenvalue weighted by Gasteiger charge is 2.34. The maximum Gasteiger partial charge on any atom is 0.321 e. The van der Waals surface area contributed by atoms with Gasteiger partial charge in [-0.3, -0.25) is 4.79 Å². The number of fused-ring (bicyclic) bond motifs is 1. The van der Waals surface area contributed by atoms with Gasteiger partial charge < -0.3 is 35.6 Å². The number of carbonyl (C=O) groups excluding carboxylic acids is 3. The van der Waals surface area contributed by atoms with Crippen LogP contribution in [0.15, 0.2) is 48.5 Å². The SMILES string of the molecule is C[C@H](CO)N1C[C@H](C)[C@@H](CN(C)C(=O)Nc2ccccc2)Oc2ccc(NC(=O)NC3CCCCC3)cc2C1=O. The molecule has 0 saturated heterocycles. The number of carbonyl (C=O) groups is 3. The van der Waals surface area contributed by atoms with Gasteiger partial charge in [0.25, 0.3) is 5.91 Å². The van der Waals surface area contributed by atoms with Crippen LogP contribution in [0, 0.1) is 5.92 Å². The molecule has 216 valence electrons. The second-order valence-electron chi connectivity index (χ2n) is 10.9. The van der Waals surface area contributed by atoms with E-state index in [1.165, 1.54) is 6.42 Å². The Morgan fingerprint density at radius 3 is 2.50 bits per heavy atom. The van der Waals surface area contributed by atoms with Gasteiger partial charge in [0.15, 0.2) is 0 Å². The summed E-state index contributed by atoms with van der Waals surface area (Å²) in [6.45, 7) is 4.17. The first-order chi connectivity index (χ1) is 19.2. The molecule has 2 aliphatic rings. The lowest BCUT2D eigenvalue weighted by Crippen LogP contribution is -2.50. The minimum absolute atomic E-state index is 0.142. The van der Waals surface area contributed by atoms with Crippen molar-refractivity contribution in [1.29, 1.82) is 0 Å². The van der Waals surface area contributed by atoms with E-state index >= 15 is 0 Å². The fraction of sp³-hybridized carbons (Fsp3) is 0.500. The molecule has 40 heavy (non-hydrogen) atoms. The highest BCUT2D eigenvalue weighted by molar-refractivity contribution is 5.99. The van der Waals surface area contributed by atoms with Crippen LogP contribution in [0.1, 0.15) is 56.3 Å². The van der Waals surface area contributed by atoms with E-state index in [0.717, 1.165) is 25.7 Å². The lowest BCUT2D eigenvalue weighted by Gasteiger charge is -2.38. The number of rotatable bonds is 7. The van der Waals surface area contributed by atoms with Crippen LogP contribution in [-0.4, -0.2) is 77.8 Å². The van der Waals surface area contributed by atoms with Crippen LogP contribution in [0.4, 0.5) is 21.0 Å². The molecule has 1 heterocycles. The molecule has 4 N–H and O–H groups in total. The van der Waals surface area contributed by atoms with Gasteiger partial charge in [-0.2, -0.15) is 0 Å². The highest BCUT2D eigenvalue weighted by atomic mass is 16.5. The predicted molar refractivity (Wildman–Crippen MR) is 155 cm³/mol. The summed E-state index contributed by atoms with van der Waals surface area (Å²) in [6, 6.07) is 13.4. The number of aliphatic hydroxyl groups excluding tert-OH is 1. The lowest BCUT2D eigenvalue weighted by molar-refractivity contribution is 0.0371. The van der Waals surface area contributed by atoms with Crippen molar-refractivity contribution in [1.82, 2.24) is 15.1 Å². The van der Waals surface area contributed by atoms with E-state index in [2.05, 4.69) is 16.0 Å². The molecule has 4 rings (SSSR count). The molecule has 1 fully saturated rings. The molecule has 2 aromatic carbocycles. The smallest absolute Gasteiger partial charge is 0.321 e. The second-order valence-corrected chi connectivity index (χ2v) is 10.9. The van der Waals surface area contributed by atoms with Gasteiger partial charge in [-0.15, -0.1) is 0 Å². The molecule has 0 bridgehead atoms. The van der Waals surface area contributed by atoms with Gasteiger partial charge in [-0.05, 0) is 50.1 Å². The molecule has 0 radical (unpaired) electrons. The second kappa shape index (κ2) is 13.5. The first-order valence-electron chi connectivity index (χ1n) is 14.1. The summed E-state index contributed by atoms with van der Waals surface area (Å²) in [7, 11) is 1.70. The number of para-hydroxylation sites is 1. The van der Waals surface area contributed by atoms with E-state index < -0.39 is 12.1 Å². The molecular formula is C30H41N5O5. The van der Waals surface area contributed by atoms with Gasteiger partial charge in [-0.25, -0.2) is 9.59 Å². The van der Waals surface area contributed by atoms with Crippen LogP contribution in [0.5, 0.6) is 5.75 Å². The minimum atomic E-state index is -0.430. The fourth-order valence-corrected chi connectivity index (χ4v) is 5.21. The van der Waals surface area contributed by atoms with Gasteiger partial charge in [-0.1, -0.05) is 44.4 Å². The molecular weight excluding hydrogens is 510 g/mol. The number of nitrogens with one attached hydrogen (secondary N) is 3. The van der Waals surface area contributed by atoms with Gasteiger partial charge in [0, 0.05) is 36.9 Å². The molecule has 0 unspecified atom stereocenters. The number of nitrogens with zero attached hydrogens (tertiary/aromatic N) is 2. The maximum atomic E-state index is 13.7. The average Bonchev–Trinajstić information content (AvgIpc) is 2.95. The van der Waals surface area contributed by atoms with Gasteiger partial charge in [0.05, 0.1) is 24.8 Å². The summed E-state index contributed by atoms with van der Waals surface area (Å²) < 4.78 is 6.37. The number of benzene rings is 2. The number of likely N-dealkylation sites (N-methyl/N-ethyl adjacent to an activating group) is 1. The largest absolute Gasteiger partial charge is 0.487 e. The summed E-state index contributed by atoms with van der Waals surface area (Å²) in [5, 5.41) is 18.7. The van der Waals surface area contributed by atoms with Crippen molar-refractivity contribution >= 4 is 29.3 Å². The van der Waals surface area contributed by atoms with Crippen LogP contribution < -0.4 is 20.7 Å². The summed E-state index contributed by atoms with van der Waals surface area (Å²) in [4.78, 5) is 42.4. The highest BCUT2D eigenvalue weighted by Crippen LogP contribution is 2.31. The van der Waals surface area contributed by atoms with Crippen molar-refractivity contribution < 1.29 is 24.2 Å². The van der Waals surface area contributed by atoms with E-state index in [9.17, 15) is 19.5 Å². The van der Waals surface area contributed by atoms with Crippen LogP contribution in [0.2, 0.25) is 0 Å². The zero-order valence-corrected chi connectivity index (χ0v) is 23.6. The van der Waals surface area contributed by atoms with Crippen LogP contribution in [0.25, 0.3) is 0 Å². The average molecular weight is 552 g/mol. The number of urea groups is 2. The van der Waals surface area contributed by atoms with Gasteiger partial charge in [0.2, 0.25) is 0 Å². The number of ether oxygens (including phenoxy) is 1. The Labute approximate surface area is 236 Å². The van der Waals surface area contributed by atoms with Crippen LogP contribution in [-0.2, 0) is 0 Å². The van der Waals surface area contributed by atoms with Crippen molar-refractivity contribution in [2.45, 2.75) is 64.1 Å². The first kappa shape index (κ1) is 29.2. The normalized spacial score (nSPS) is 20.3. The third-order valence-corrected chi connectivity index (χ3v) is 7.69. The minimum Gasteiger partial charge on any atom is -0.487 e. The molecule has 0 spiro atoms. The van der Waals surface area contributed by atoms with Gasteiger partial charge >= 0.3 is 12.1 Å². The quantitative estimate of drug-likeness (QED) is 0.403. The number of anilines is 2. The molecule has 1 aliphatic carbocycles. The standard InChI is InChI=1S/C30H41N5O5/c1-20-17-35(21(2)19-36)28(37)25-16-24(32-29(38)31-22-10-6-4-7-11-22)14-15-26(25)40-27(20)18-34(3)30(39)33-23-12-8-5-9-13-23/h5,8-9,12-16,20-22,27,36H,4,6-7,10-11,17-19H2,1-3H3,(H,33,39)(H2,31,32,38)/t20-,21+,27+/m0/s1. The molecule has 0 aromatic heterocycles. The summed E-state index contributed by atoms with van der Waals surface area (Å²) in [5.74, 6) is -0.0580. The van der Waals surface area contributed by atoms with E-state index in [-0.39, 0.29) is 43.1 Å². The fourth-order valence-electron chi connectivity index (χ4n) is 5.21. The van der Waals surface area contributed by atoms with Gasteiger partial charge in [0.1, 0.15) is 11.9 Å². The zero-order chi connectivity index (χ0) is 28.6. The Morgan fingerprint density at radius 1 is 1.07 bits per heavy atom. The Morgan fingerprint density at radius 2 is 1.80 bits per heavy atom. The maximum absolute atomic E-state index is 13.7. The van der Waals surface area contributed by atoms with Crippen molar-refractivity contribution in [3.05, 3.63) is 54.1 Å². The topological polar surface area (TPSA) is 123 Å². The monoisotopic (exact) mass is 551 g/mol. The Balaban J connectivity index is 1.53. The number of hydrogen-bond acceptors (Lipinski definition) is 5. The lowest BCUT2D eigenvalue weighted by atomic mass is 9.96. The molecule has 1 saturated carbocycles. The number of aliphatic hydroxyl groups is 1. The Hall–Kier alpha value is -3.79. The van der Waals surface area contributed by atoms with Crippen molar-refractivity contribution in [2.24, 2.45) is 5.92 Å². The first-order valence-corrected chi connectivity index (χ1v) is 14.1. The molecule has 1 aliphatic heterocycles. The van der Waals surface area contributed by atoms with Crippen molar-refractivity contribution in [3.8, 4) is 5.75 Å². The van der Waals surface area contributed by atoms with E-state index in [1.807, 2.05) is 37.3 Å². The summed E-state index contributed by atoms with van der Waals surface area (Å²) in [6.07, 6.45) is 4.92. The summed E-state index contributed by atoms with van der Waals surface area (Å²) >= 11 is 0. The molecule has 10 nitrogen and oxygen atoms in total. The third kappa shape index (κ3) is 7.44. The molecule has 5 amide bonds. The number of amides is 5. The van der Waals surface area contributed by atoms with Crippen molar-refractivity contribution in [2.75, 3.05) is 37.4 Å². The Bertz CT molecular complexity index is 1170. The van der Waals surface area contributed by atoms with Crippen LogP contribution >= 0.6 is 0 Å². The number of hydrogen-bond donors (Lipinski definition) is 4. The van der Waals surface area contributed by atoms with E-state index in [4.69, 9.17) is 4.74 Å². The Kier molecular flexibility index (Phi) is 9.87. The van der Waals surface area contributed by atoms with E-state index in [0.29, 0.717) is 29.2 Å². The molecule has 2 aromatic rings. The molecule has 10 heteroatoms. The van der Waals surface area contributed by atoms with Crippen LogP contribution in [0.3, 0.4) is 0 Å². The van der Waals surface area contributed by atoms with E-state index in [1.54, 1.807) is 42.0 Å². The van der Waals surface area contributed by atoms with Crippen molar-refractivity contribution in [3.63, 3.8) is 0 Å².